The fourth-order valence-corrected chi connectivity index (χ4v) is 3.65. The molecule has 3 atom stereocenters. The minimum absolute atomic E-state index is 0.0310. The standard InChI is InChI=1S/C18H22N2O4/c21-16(19-9-5-2-6-10-19)15-14-12-20(17(22)18(23-14)24-15)11-13-7-3-1-4-8-13/h1,3-4,7-8,14-15,18H,2,5-6,9-12H2/t14-,15+,18+/m1/s1. The Labute approximate surface area is 141 Å². The number of hydrogen-bond donors (Lipinski definition) is 0. The van der Waals surface area contributed by atoms with E-state index in [2.05, 4.69) is 0 Å². The highest BCUT2D eigenvalue weighted by molar-refractivity contribution is 5.86. The number of amides is 2. The Balaban J connectivity index is 1.45. The van der Waals surface area contributed by atoms with E-state index in [0.29, 0.717) is 13.1 Å². The third kappa shape index (κ3) is 2.91. The van der Waals surface area contributed by atoms with Crippen LogP contribution in [0.25, 0.3) is 0 Å². The zero-order chi connectivity index (χ0) is 16.5. The number of benzene rings is 1. The molecule has 24 heavy (non-hydrogen) atoms. The minimum atomic E-state index is -0.939. The summed E-state index contributed by atoms with van der Waals surface area (Å²) in [5, 5.41) is 0. The number of carbonyl (C=O) groups excluding carboxylic acids is 2. The van der Waals surface area contributed by atoms with Crippen LogP contribution in [-0.2, 0) is 25.6 Å². The first kappa shape index (κ1) is 15.6. The molecule has 3 fully saturated rings. The zero-order valence-corrected chi connectivity index (χ0v) is 13.6. The molecule has 0 saturated carbocycles. The Bertz CT molecular complexity index is 615. The number of ether oxygens (including phenoxy) is 2. The summed E-state index contributed by atoms with van der Waals surface area (Å²) in [5.74, 6) is -0.222. The van der Waals surface area contributed by atoms with Crippen molar-refractivity contribution in [2.75, 3.05) is 19.6 Å². The quantitative estimate of drug-likeness (QED) is 0.834. The van der Waals surface area contributed by atoms with Gasteiger partial charge in [0.2, 0.25) is 6.29 Å². The van der Waals surface area contributed by atoms with Gasteiger partial charge in [0.15, 0.2) is 6.10 Å². The summed E-state index contributed by atoms with van der Waals surface area (Å²) in [5.41, 5.74) is 1.06. The second-order valence-corrected chi connectivity index (χ2v) is 6.65. The molecule has 6 heteroatoms. The van der Waals surface area contributed by atoms with Crippen LogP contribution in [0.1, 0.15) is 24.8 Å². The lowest BCUT2D eigenvalue weighted by Gasteiger charge is -2.32. The second kappa shape index (κ2) is 6.53. The summed E-state index contributed by atoms with van der Waals surface area (Å²) in [6.07, 6.45) is 1.27. The van der Waals surface area contributed by atoms with Crippen molar-refractivity contribution in [3.05, 3.63) is 35.9 Å². The van der Waals surface area contributed by atoms with E-state index in [-0.39, 0.29) is 17.9 Å². The predicted octanol–water partition coefficient (Wildman–Crippen LogP) is 1.15. The van der Waals surface area contributed by atoms with E-state index in [4.69, 9.17) is 9.47 Å². The SMILES string of the molecule is O=C1[C@@H]2O[C@H](C(=O)N3CCCCC3)[C@@H](CN1Cc1ccccc1)O2. The van der Waals surface area contributed by atoms with Crippen molar-refractivity contribution in [3.8, 4) is 0 Å². The van der Waals surface area contributed by atoms with Crippen LogP contribution in [0.5, 0.6) is 0 Å². The summed E-state index contributed by atoms with van der Waals surface area (Å²) < 4.78 is 11.3. The van der Waals surface area contributed by atoms with E-state index in [1.807, 2.05) is 35.2 Å². The lowest BCUT2D eigenvalue weighted by molar-refractivity contribution is -0.172. The first-order valence-corrected chi connectivity index (χ1v) is 8.65. The van der Waals surface area contributed by atoms with Crippen LogP contribution in [-0.4, -0.2) is 59.7 Å². The lowest BCUT2D eigenvalue weighted by Crippen LogP contribution is -2.50. The van der Waals surface area contributed by atoms with Gasteiger partial charge in [0.25, 0.3) is 11.8 Å². The summed E-state index contributed by atoms with van der Waals surface area (Å²) in [6, 6.07) is 9.83. The average molecular weight is 330 g/mol. The van der Waals surface area contributed by atoms with Gasteiger partial charge in [-0.2, -0.15) is 0 Å². The van der Waals surface area contributed by atoms with Gasteiger partial charge in [-0.25, -0.2) is 0 Å². The van der Waals surface area contributed by atoms with Crippen LogP contribution >= 0.6 is 0 Å². The first-order valence-electron chi connectivity index (χ1n) is 8.65. The molecular formula is C18H22N2O4. The van der Waals surface area contributed by atoms with Crippen LogP contribution < -0.4 is 0 Å². The molecule has 2 amide bonds. The fourth-order valence-electron chi connectivity index (χ4n) is 3.65. The highest BCUT2D eigenvalue weighted by Gasteiger charge is 2.51. The number of nitrogens with zero attached hydrogens (tertiary/aromatic N) is 2. The second-order valence-electron chi connectivity index (χ2n) is 6.65. The van der Waals surface area contributed by atoms with Crippen LogP contribution in [0, 0.1) is 0 Å². The highest BCUT2D eigenvalue weighted by Crippen LogP contribution is 2.29. The largest absolute Gasteiger partial charge is 0.340 e. The van der Waals surface area contributed by atoms with Gasteiger partial charge in [-0.1, -0.05) is 30.3 Å². The Morgan fingerprint density at radius 1 is 1.08 bits per heavy atom. The van der Waals surface area contributed by atoms with E-state index < -0.39 is 12.4 Å². The van der Waals surface area contributed by atoms with Crippen LogP contribution in [0.2, 0.25) is 0 Å². The molecule has 4 rings (SSSR count). The maximum Gasteiger partial charge on any atom is 0.280 e. The maximum absolute atomic E-state index is 12.7. The van der Waals surface area contributed by atoms with Gasteiger partial charge in [-0.15, -0.1) is 0 Å². The van der Waals surface area contributed by atoms with Gasteiger partial charge in [-0.05, 0) is 24.8 Å². The number of carbonyl (C=O) groups is 2. The smallest absolute Gasteiger partial charge is 0.280 e. The molecule has 3 aliphatic rings. The van der Waals surface area contributed by atoms with Crippen LogP contribution in [0.3, 0.4) is 0 Å². The molecule has 2 bridgehead atoms. The molecule has 128 valence electrons. The van der Waals surface area contributed by atoms with Crippen LogP contribution in [0.15, 0.2) is 30.3 Å². The number of piperidine rings is 1. The molecule has 0 radical (unpaired) electrons. The topological polar surface area (TPSA) is 59.1 Å². The van der Waals surface area contributed by atoms with Crippen molar-refractivity contribution in [3.63, 3.8) is 0 Å². The molecule has 0 N–H and O–H groups in total. The lowest BCUT2D eigenvalue weighted by atomic mass is 10.1. The van der Waals surface area contributed by atoms with E-state index in [0.717, 1.165) is 31.5 Å². The third-order valence-electron chi connectivity index (χ3n) is 4.95. The summed E-state index contributed by atoms with van der Waals surface area (Å²) in [4.78, 5) is 28.8. The van der Waals surface area contributed by atoms with Crippen molar-refractivity contribution in [1.82, 2.24) is 9.80 Å². The Hall–Kier alpha value is -1.92. The maximum atomic E-state index is 12.7. The molecule has 3 heterocycles. The molecule has 1 aromatic carbocycles. The predicted molar refractivity (Wildman–Crippen MR) is 85.8 cm³/mol. The van der Waals surface area contributed by atoms with E-state index in [1.54, 1.807) is 4.90 Å². The van der Waals surface area contributed by atoms with E-state index in [1.165, 1.54) is 6.42 Å². The van der Waals surface area contributed by atoms with Crippen LogP contribution in [0.4, 0.5) is 0 Å². The molecule has 0 aliphatic carbocycles. The number of likely N-dealkylation sites (tertiary alicyclic amines) is 1. The molecule has 6 nitrogen and oxygen atoms in total. The normalized spacial score (nSPS) is 29.8. The molecule has 3 saturated heterocycles. The summed E-state index contributed by atoms with van der Waals surface area (Å²) in [6.45, 7) is 2.47. The summed E-state index contributed by atoms with van der Waals surface area (Å²) >= 11 is 0. The Morgan fingerprint density at radius 2 is 1.83 bits per heavy atom. The van der Waals surface area contributed by atoms with Gasteiger partial charge in [-0.3, -0.25) is 9.59 Å². The molecule has 0 aromatic heterocycles. The molecular weight excluding hydrogens is 308 g/mol. The van der Waals surface area contributed by atoms with Gasteiger partial charge >= 0.3 is 0 Å². The van der Waals surface area contributed by atoms with Gasteiger partial charge in [0, 0.05) is 19.6 Å². The summed E-state index contributed by atoms with van der Waals surface area (Å²) in [7, 11) is 0. The number of hydrogen-bond acceptors (Lipinski definition) is 4. The van der Waals surface area contributed by atoms with Crippen molar-refractivity contribution >= 4 is 11.8 Å². The Kier molecular flexibility index (Phi) is 4.24. The third-order valence-corrected chi connectivity index (χ3v) is 4.95. The van der Waals surface area contributed by atoms with Crippen molar-refractivity contribution in [2.24, 2.45) is 0 Å². The number of rotatable bonds is 3. The molecule has 3 aliphatic heterocycles. The monoisotopic (exact) mass is 330 g/mol. The average Bonchev–Trinajstić information content (AvgIpc) is 3.00. The first-order chi connectivity index (χ1) is 11.7. The highest BCUT2D eigenvalue weighted by atomic mass is 16.7. The van der Waals surface area contributed by atoms with E-state index >= 15 is 0 Å². The minimum Gasteiger partial charge on any atom is -0.340 e. The van der Waals surface area contributed by atoms with Crippen molar-refractivity contribution in [1.29, 1.82) is 0 Å². The molecule has 1 aromatic rings. The van der Waals surface area contributed by atoms with Gasteiger partial charge < -0.3 is 19.3 Å². The van der Waals surface area contributed by atoms with Gasteiger partial charge in [0.1, 0.15) is 6.10 Å². The molecule has 0 unspecified atom stereocenters. The van der Waals surface area contributed by atoms with Crippen molar-refractivity contribution < 1.29 is 19.1 Å². The number of fused-ring (bicyclic) bond motifs is 2. The molecule has 0 spiro atoms. The van der Waals surface area contributed by atoms with Gasteiger partial charge in [0.05, 0.1) is 6.54 Å². The van der Waals surface area contributed by atoms with Crippen molar-refractivity contribution in [2.45, 2.75) is 44.3 Å². The Morgan fingerprint density at radius 3 is 2.58 bits per heavy atom. The number of morpholine rings is 1. The zero-order valence-electron chi connectivity index (χ0n) is 13.6. The van der Waals surface area contributed by atoms with E-state index in [9.17, 15) is 9.59 Å². The fraction of sp³-hybridized carbons (Fsp3) is 0.556.